The minimum absolute atomic E-state index is 0.128. The lowest BCUT2D eigenvalue weighted by molar-refractivity contribution is 0.0925. The molecule has 1 unspecified atom stereocenters. The first kappa shape index (κ1) is 14.2. The van der Waals surface area contributed by atoms with Crippen molar-refractivity contribution in [2.45, 2.75) is 12.3 Å². The lowest BCUT2D eigenvalue weighted by Gasteiger charge is -2.29. The van der Waals surface area contributed by atoms with Crippen LogP contribution in [-0.4, -0.2) is 5.78 Å². The molecule has 0 heterocycles. The molecule has 2 heteroatoms. The number of Topliss-reactive ketones (excluding diaryl/α,β-unsaturated/α-hetero) is 1. The Labute approximate surface area is 140 Å². The maximum atomic E-state index is 13.2. The first-order valence-corrected chi connectivity index (χ1v) is 7.99. The Balaban J connectivity index is 1.89. The molecule has 1 atom stereocenters. The molecule has 4 rings (SSSR count). The SMILES string of the molecule is CC1(c2ccc(Cl)cc2)C=Cc2cc3ccccc3cc2C1=O. The molecule has 3 aromatic rings. The third-order valence-corrected chi connectivity index (χ3v) is 4.93. The van der Waals surface area contributed by atoms with Crippen LogP contribution in [0.2, 0.25) is 5.02 Å². The monoisotopic (exact) mass is 318 g/mol. The number of ketones is 1. The molecular formula is C21H15ClO. The van der Waals surface area contributed by atoms with E-state index in [1.54, 1.807) is 0 Å². The van der Waals surface area contributed by atoms with Crippen LogP contribution in [0.4, 0.5) is 0 Å². The van der Waals surface area contributed by atoms with Crippen LogP contribution in [-0.2, 0) is 5.41 Å². The maximum Gasteiger partial charge on any atom is 0.177 e. The summed E-state index contributed by atoms with van der Waals surface area (Å²) in [7, 11) is 0. The van der Waals surface area contributed by atoms with Crippen molar-refractivity contribution in [3.8, 4) is 0 Å². The zero-order chi connectivity index (χ0) is 16.0. The van der Waals surface area contributed by atoms with Crippen molar-refractivity contribution in [1.29, 1.82) is 0 Å². The summed E-state index contributed by atoms with van der Waals surface area (Å²) < 4.78 is 0. The van der Waals surface area contributed by atoms with Gasteiger partial charge in [-0.1, -0.05) is 60.2 Å². The Kier molecular flexibility index (Phi) is 3.14. The standard InChI is InChI=1S/C21H15ClO/c1-21(17-6-8-18(22)9-7-17)11-10-16-12-14-4-2-3-5-15(14)13-19(16)20(21)23/h2-13H,1H3. The smallest absolute Gasteiger partial charge is 0.177 e. The molecule has 0 amide bonds. The lowest BCUT2D eigenvalue weighted by Crippen LogP contribution is -2.33. The van der Waals surface area contributed by atoms with Gasteiger partial charge in [0.1, 0.15) is 0 Å². The number of rotatable bonds is 1. The molecule has 1 nitrogen and oxygen atoms in total. The summed E-state index contributed by atoms with van der Waals surface area (Å²) in [6.45, 7) is 1.97. The molecule has 23 heavy (non-hydrogen) atoms. The van der Waals surface area contributed by atoms with Crippen LogP contribution >= 0.6 is 11.6 Å². The Morgan fingerprint density at radius 1 is 0.913 bits per heavy atom. The fourth-order valence-electron chi connectivity index (χ4n) is 3.23. The number of benzene rings is 3. The first-order valence-electron chi connectivity index (χ1n) is 7.61. The lowest BCUT2D eigenvalue weighted by atomic mass is 9.71. The quantitative estimate of drug-likeness (QED) is 0.565. The van der Waals surface area contributed by atoms with Gasteiger partial charge in [0.2, 0.25) is 0 Å². The molecule has 3 aromatic carbocycles. The Bertz CT molecular complexity index is 953. The van der Waals surface area contributed by atoms with Crippen LogP contribution in [0.3, 0.4) is 0 Å². The number of allylic oxidation sites excluding steroid dienone is 1. The topological polar surface area (TPSA) is 17.1 Å². The largest absolute Gasteiger partial charge is 0.293 e. The van der Waals surface area contributed by atoms with Gasteiger partial charge in [0.05, 0.1) is 5.41 Å². The Morgan fingerprint density at radius 2 is 1.57 bits per heavy atom. The van der Waals surface area contributed by atoms with Gasteiger partial charge in [-0.25, -0.2) is 0 Å². The highest BCUT2D eigenvalue weighted by Gasteiger charge is 2.36. The van der Waals surface area contributed by atoms with Crippen molar-refractivity contribution in [2.24, 2.45) is 0 Å². The van der Waals surface area contributed by atoms with Crippen molar-refractivity contribution in [3.63, 3.8) is 0 Å². The van der Waals surface area contributed by atoms with E-state index in [2.05, 4.69) is 18.2 Å². The summed E-state index contributed by atoms with van der Waals surface area (Å²) in [4.78, 5) is 13.2. The van der Waals surface area contributed by atoms with E-state index in [-0.39, 0.29) is 5.78 Å². The van der Waals surface area contributed by atoms with E-state index < -0.39 is 5.41 Å². The van der Waals surface area contributed by atoms with Crippen LogP contribution in [0.1, 0.15) is 28.4 Å². The summed E-state index contributed by atoms with van der Waals surface area (Å²) in [5.74, 6) is 0.128. The van der Waals surface area contributed by atoms with E-state index in [0.29, 0.717) is 5.02 Å². The maximum absolute atomic E-state index is 13.2. The molecule has 0 aromatic heterocycles. The van der Waals surface area contributed by atoms with Gasteiger partial charge >= 0.3 is 0 Å². The zero-order valence-electron chi connectivity index (χ0n) is 12.7. The zero-order valence-corrected chi connectivity index (χ0v) is 13.5. The van der Waals surface area contributed by atoms with Gasteiger partial charge in [0.15, 0.2) is 5.78 Å². The molecule has 0 spiro atoms. The highest BCUT2D eigenvalue weighted by atomic mass is 35.5. The molecule has 1 aliphatic rings. The normalized spacial score (nSPS) is 19.8. The van der Waals surface area contributed by atoms with Crippen molar-refractivity contribution < 1.29 is 4.79 Å². The third kappa shape index (κ3) is 2.20. The van der Waals surface area contributed by atoms with Crippen molar-refractivity contribution >= 4 is 34.2 Å². The van der Waals surface area contributed by atoms with Crippen LogP contribution in [0.25, 0.3) is 16.8 Å². The number of hydrogen-bond acceptors (Lipinski definition) is 1. The van der Waals surface area contributed by atoms with Gasteiger partial charge in [-0.05, 0) is 53.1 Å². The second-order valence-corrected chi connectivity index (χ2v) is 6.59. The Morgan fingerprint density at radius 3 is 2.26 bits per heavy atom. The summed E-state index contributed by atoms with van der Waals surface area (Å²) in [5, 5.41) is 2.92. The predicted molar refractivity (Wildman–Crippen MR) is 96.1 cm³/mol. The summed E-state index contributed by atoms with van der Waals surface area (Å²) in [5.41, 5.74) is 2.07. The molecule has 1 aliphatic carbocycles. The number of carbonyl (C=O) groups is 1. The molecule has 0 bridgehead atoms. The van der Waals surface area contributed by atoms with Gasteiger partial charge in [0.25, 0.3) is 0 Å². The van der Waals surface area contributed by atoms with Gasteiger partial charge < -0.3 is 0 Å². The molecular weight excluding hydrogens is 304 g/mol. The van der Waals surface area contributed by atoms with E-state index >= 15 is 0 Å². The van der Waals surface area contributed by atoms with Gasteiger partial charge in [0, 0.05) is 10.6 Å². The van der Waals surface area contributed by atoms with Crippen LogP contribution < -0.4 is 0 Å². The van der Waals surface area contributed by atoms with E-state index in [0.717, 1.165) is 27.5 Å². The molecule has 0 saturated carbocycles. The predicted octanol–water partition coefficient (Wildman–Crippen LogP) is 5.66. The Hall–Kier alpha value is -2.38. The van der Waals surface area contributed by atoms with E-state index in [4.69, 9.17) is 11.6 Å². The highest BCUT2D eigenvalue weighted by molar-refractivity contribution is 6.30. The van der Waals surface area contributed by atoms with E-state index in [1.807, 2.05) is 61.5 Å². The van der Waals surface area contributed by atoms with Gasteiger partial charge in [-0.2, -0.15) is 0 Å². The molecule has 0 radical (unpaired) electrons. The highest BCUT2D eigenvalue weighted by Crippen LogP contribution is 2.37. The van der Waals surface area contributed by atoms with E-state index in [9.17, 15) is 4.79 Å². The fraction of sp³-hybridized carbons (Fsp3) is 0.0952. The molecule has 0 N–H and O–H groups in total. The number of hydrogen-bond donors (Lipinski definition) is 0. The average Bonchev–Trinajstić information content (AvgIpc) is 2.58. The average molecular weight is 319 g/mol. The van der Waals surface area contributed by atoms with Crippen molar-refractivity contribution in [1.82, 2.24) is 0 Å². The molecule has 0 saturated heterocycles. The second-order valence-electron chi connectivity index (χ2n) is 6.16. The molecule has 112 valence electrons. The molecule has 0 aliphatic heterocycles. The molecule has 0 fully saturated rings. The summed E-state index contributed by atoms with van der Waals surface area (Å²) in [6.07, 6.45) is 4.05. The van der Waals surface area contributed by atoms with Crippen LogP contribution in [0.15, 0.2) is 66.7 Å². The van der Waals surface area contributed by atoms with Crippen LogP contribution in [0.5, 0.6) is 0 Å². The number of halogens is 1. The van der Waals surface area contributed by atoms with Crippen LogP contribution in [0, 0.1) is 0 Å². The summed E-state index contributed by atoms with van der Waals surface area (Å²) in [6, 6.07) is 19.7. The minimum atomic E-state index is -0.653. The van der Waals surface area contributed by atoms with Crippen molar-refractivity contribution in [3.05, 3.63) is 88.5 Å². The third-order valence-electron chi connectivity index (χ3n) is 4.67. The van der Waals surface area contributed by atoms with Gasteiger partial charge in [-0.15, -0.1) is 0 Å². The van der Waals surface area contributed by atoms with Crippen molar-refractivity contribution in [2.75, 3.05) is 0 Å². The van der Waals surface area contributed by atoms with E-state index in [1.165, 1.54) is 0 Å². The number of fused-ring (bicyclic) bond motifs is 2. The fourth-order valence-corrected chi connectivity index (χ4v) is 3.35. The first-order chi connectivity index (χ1) is 11.1. The summed E-state index contributed by atoms with van der Waals surface area (Å²) >= 11 is 5.98. The minimum Gasteiger partial charge on any atom is -0.293 e. The second kappa shape index (κ2) is 5.07. The number of carbonyl (C=O) groups excluding carboxylic acids is 1. The van der Waals surface area contributed by atoms with Gasteiger partial charge in [-0.3, -0.25) is 4.79 Å².